The first-order valence-corrected chi connectivity index (χ1v) is 5.50. The van der Waals surface area contributed by atoms with Crippen LogP contribution in [0.25, 0.3) is 0 Å². The van der Waals surface area contributed by atoms with Gasteiger partial charge in [-0.15, -0.1) is 0 Å². The van der Waals surface area contributed by atoms with Crippen LogP contribution in [0.15, 0.2) is 0 Å². The quantitative estimate of drug-likeness (QED) is 0.806. The highest BCUT2D eigenvalue weighted by Gasteiger charge is 2.14. The first-order chi connectivity index (χ1) is 6.15. The molecule has 1 aromatic heterocycles. The normalized spacial score (nSPS) is 15.7. The molecular weight excluding hydrogens is 182 g/mol. The van der Waals surface area contributed by atoms with Crippen molar-refractivity contribution in [3.63, 3.8) is 0 Å². The Morgan fingerprint density at radius 2 is 2.15 bits per heavy atom. The highest BCUT2D eigenvalue weighted by atomic mass is 32.1. The van der Waals surface area contributed by atoms with E-state index in [9.17, 15) is 0 Å². The van der Waals surface area contributed by atoms with E-state index in [0.29, 0.717) is 5.92 Å². The Hall–Kier alpha value is -0.480. The molecule has 2 atom stereocenters. The van der Waals surface area contributed by atoms with Gasteiger partial charge in [-0.1, -0.05) is 13.8 Å². The second-order valence-corrected chi connectivity index (χ2v) is 4.23. The average molecular weight is 199 g/mol. The molecule has 2 unspecified atom stereocenters. The second-order valence-electron chi connectivity index (χ2n) is 3.45. The molecule has 13 heavy (non-hydrogen) atoms. The summed E-state index contributed by atoms with van der Waals surface area (Å²) in [6, 6.07) is 0.155. The van der Waals surface area contributed by atoms with Gasteiger partial charge in [-0.2, -0.15) is 4.37 Å². The molecule has 0 radical (unpaired) electrons. The van der Waals surface area contributed by atoms with E-state index in [-0.39, 0.29) is 6.04 Å². The van der Waals surface area contributed by atoms with Gasteiger partial charge in [-0.05, 0) is 24.9 Å². The van der Waals surface area contributed by atoms with Crippen LogP contribution in [-0.4, -0.2) is 15.4 Å². The molecule has 0 amide bonds. The van der Waals surface area contributed by atoms with Crippen molar-refractivity contribution in [1.29, 1.82) is 0 Å². The smallest absolute Gasteiger partial charge is 0.142 e. The molecule has 1 rings (SSSR count). The fraction of sp³-hybridized carbons (Fsp3) is 0.778. The highest BCUT2D eigenvalue weighted by Crippen LogP contribution is 2.19. The van der Waals surface area contributed by atoms with E-state index in [1.165, 1.54) is 11.5 Å². The fourth-order valence-corrected chi connectivity index (χ4v) is 1.86. The minimum absolute atomic E-state index is 0.155. The highest BCUT2D eigenvalue weighted by molar-refractivity contribution is 7.05. The van der Waals surface area contributed by atoms with Crippen molar-refractivity contribution in [3.8, 4) is 0 Å². The van der Waals surface area contributed by atoms with Crippen LogP contribution in [0.2, 0.25) is 0 Å². The zero-order valence-corrected chi connectivity index (χ0v) is 9.27. The summed E-state index contributed by atoms with van der Waals surface area (Å²) >= 11 is 1.48. The van der Waals surface area contributed by atoms with Crippen LogP contribution >= 0.6 is 11.5 Å². The van der Waals surface area contributed by atoms with E-state index in [1.54, 1.807) is 0 Å². The molecule has 4 heteroatoms. The van der Waals surface area contributed by atoms with Gasteiger partial charge in [0.1, 0.15) is 10.8 Å². The Kier molecular flexibility index (Phi) is 3.81. The first-order valence-electron chi connectivity index (χ1n) is 4.73. The zero-order chi connectivity index (χ0) is 9.84. The first kappa shape index (κ1) is 10.6. The lowest BCUT2D eigenvalue weighted by Crippen LogP contribution is -2.22. The van der Waals surface area contributed by atoms with Crippen molar-refractivity contribution in [1.82, 2.24) is 9.36 Å². The van der Waals surface area contributed by atoms with Gasteiger partial charge >= 0.3 is 0 Å². The summed E-state index contributed by atoms with van der Waals surface area (Å²) in [5, 5.41) is 1.07. The molecule has 0 aliphatic carbocycles. The van der Waals surface area contributed by atoms with Gasteiger partial charge in [-0.25, -0.2) is 4.98 Å². The molecule has 0 aromatic carbocycles. The molecule has 1 aromatic rings. The largest absolute Gasteiger partial charge is 0.327 e. The van der Waals surface area contributed by atoms with Crippen molar-refractivity contribution in [3.05, 3.63) is 10.8 Å². The summed E-state index contributed by atoms with van der Waals surface area (Å²) in [7, 11) is 0. The molecular formula is C9H17N3S. The third-order valence-electron chi connectivity index (χ3n) is 2.14. The number of aromatic nitrogens is 2. The van der Waals surface area contributed by atoms with Crippen LogP contribution in [-0.2, 0) is 6.42 Å². The SMILES string of the molecule is CCCc1nsc(C(C)C(C)N)n1. The number of rotatable bonds is 4. The maximum Gasteiger partial charge on any atom is 0.142 e. The Bertz CT molecular complexity index is 257. The Balaban J connectivity index is 2.67. The van der Waals surface area contributed by atoms with Crippen LogP contribution in [0.4, 0.5) is 0 Å². The third kappa shape index (κ3) is 2.74. The van der Waals surface area contributed by atoms with Gasteiger partial charge < -0.3 is 5.73 Å². The topological polar surface area (TPSA) is 51.8 Å². The summed E-state index contributed by atoms with van der Waals surface area (Å²) in [4.78, 5) is 4.45. The number of aryl methyl sites for hydroxylation is 1. The van der Waals surface area contributed by atoms with E-state index in [0.717, 1.165) is 23.7 Å². The van der Waals surface area contributed by atoms with Crippen molar-refractivity contribution in [2.24, 2.45) is 5.73 Å². The van der Waals surface area contributed by atoms with Crippen LogP contribution in [0.1, 0.15) is 43.9 Å². The van der Waals surface area contributed by atoms with E-state index < -0.39 is 0 Å². The summed E-state index contributed by atoms with van der Waals surface area (Å²) in [5.41, 5.74) is 5.79. The van der Waals surface area contributed by atoms with Crippen molar-refractivity contribution in [2.75, 3.05) is 0 Å². The van der Waals surface area contributed by atoms with E-state index in [1.807, 2.05) is 6.92 Å². The molecule has 0 aliphatic rings. The van der Waals surface area contributed by atoms with E-state index in [4.69, 9.17) is 5.73 Å². The minimum Gasteiger partial charge on any atom is -0.327 e. The van der Waals surface area contributed by atoms with Gasteiger partial charge in [0.2, 0.25) is 0 Å². The minimum atomic E-state index is 0.155. The molecule has 0 spiro atoms. The lowest BCUT2D eigenvalue weighted by Gasteiger charge is -2.10. The Morgan fingerprint density at radius 3 is 2.69 bits per heavy atom. The van der Waals surface area contributed by atoms with Crippen LogP contribution in [0, 0.1) is 0 Å². The van der Waals surface area contributed by atoms with Crippen molar-refractivity contribution < 1.29 is 0 Å². The molecule has 74 valence electrons. The number of nitrogens with two attached hydrogens (primary N) is 1. The predicted octanol–water partition coefficient (Wildman–Crippen LogP) is 1.94. The lowest BCUT2D eigenvalue weighted by atomic mass is 10.1. The molecule has 0 aliphatic heterocycles. The fourth-order valence-electron chi connectivity index (χ4n) is 1.00. The van der Waals surface area contributed by atoms with Crippen molar-refractivity contribution >= 4 is 11.5 Å². The zero-order valence-electron chi connectivity index (χ0n) is 8.45. The summed E-state index contributed by atoms with van der Waals surface area (Å²) in [5.74, 6) is 1.29. The van der Waals surface area contributed by atoms with E-state index in [2.05, 4.69) is 23.2 Å². The van der Waals surface area contributed by atoms with Gasteiger partial charge in [0.05, 0.1) is 0 Å². The van der Waals surface area contributed by atoms with Gasteiger partial charge in [0.15, 0.2) is 0 Å². The van der Waals surface area contributed by atoms with Crippen LogP contribution in [0.5, 0.6) is 0 Å². The average Bonchev–Trinajstić information content (AvgIpc) is 2.52. The molecule has 0 fully saturated rings. The standard InChI is InChI=1S/C9H17N3S/c1-4-5-8-11-9(13-12-8)6(2)7(3)10/h6-7H,4-5,10H2,1-3H3. The maximum atomic E-state index is 5.79. The Labute approximate surface area is 83.5 Å². The van der Waals surface area contributed by atoms with Crippen LogP contribution in [0.3, 0.4) is 0 Å². The molecule has 1 heterocycles. The predicted molar refractivity (Wildman–Crippen MR) is 56.0 cm³/mol. The van der Waals surface area contributed by atoms with Crippen molar-refractivity contribution in [2.45, 2.75) is 45.6 Å². The van der Waals surface area contributed by atoms with Gasteiger partial charge in [0.25, 0.3) is 0 Å². The number of hydrogen-bond acceptors (Lipinski definition) is 4. The molecule has 0 saturated heterocycles. The van der Waals surface area contributed by atoms with Crippen LogP contribution < -0.4 is 5.73 Å². The molecule has 3 nitrogen and oxygen atoms in total. The number of hydrogen-bond donors (Lipinski definition) is 1. The van der Waals surface area contributed by atoms with Gasteiger partial charge in [0, 0.05) is 18.4 Å². The number of nitrogens with zero attached hydrogens (tertiary/aromatic N) is 2. The maximum absolute atomic E-state index is 5.79. The monoisotopic (exact) mass is 199 g/mol. The van der Waals surface area contributed by atoms with Gasteiger partial charge in [-0.3, -0.25) is 0 Å². The summed E-state index contributed by atoms with van der Waals surface area (Å²) in [6.45, 7) is 6.24. The molecule has 0 bridgehead atoms. The second kappa shape index (κ2) is 4.67. The molecule has 2 N–H and O–H groups in total. The summed E-state index contributed by atoms with van der Waals surface area (Å²) < 4.78 is 4.28. The Morgan fingerprint density at radius 1 is 1.46 bits per heavy atom. The summed E-state index contributed by atoms with van der Waals surface area (Å²) in [6.07, 6.45) is 2.07. The van der Waals surface area contributed by atoms with E-state index >= 15 is 0 Å². The molecule has 0 saturated carbocycles. The lowest BCUT2D eigenvalue weighted by molar-refractivity contribution is 0.607. The third-order valence-corrected chi connectivity index (χ3v) is 3.09.